The van der Waals surface area contributed by atoms with Gasteiger partial charge in [0.05, 0.1) is 5.41 Å². The van der Waals surface area contributed by atoms with E-state index in [-0.39, 0.29) is 31.7 Å². The van der Waals surface area contributed by atoms with Gasteiger partial charge < -0.3 is 23.7 Å². The number of carbonyl (C=O) groups is 1. The van der Waals surface area contributed by atoms with Gasteiger partial charge in [-0.05, 0) is 41.9 Å². The van der Waals surface area contributed by atoms with Crippen LogP contribution in [0, 0.1) is 0 Å². The van der Waals surface area contributed by atoms with Crippen LogP contribution < -0.4 is 18.9 Å². The smallest absolute Gasteiger partial charge is 0.302 e. The summed E-state index contributed by atoms with van der Waals surface area (Å²) >= 11 is 0. The maximum Gasteiger partial charge on any atom is 0.302 e. The zero-order valence-electron chi connectivity index (χ0n) is 17.2. The molecular weight excluding hydrogens is 386 g/mol. The Morgan fingerprint density at radius 2 is 1.83 bits per heavy atom. The van der Waals surface area contributed by atoms with Gasteiger partial charge in [0, 0.05) is 31.5 Å². The van der Waals surface area contributed by atoms with Crippen molar-refractivity contribution >= 4 is 5.97 Å². The molecule has 3 heterocycles. The molecule has 0 N–H and O–H groups in total. The van der Waals surface area contributed by atoms with E-state index in [4.69, 9.17) is 23.7 Å². The molecule has 3 atom stereocenters. The van der Waals surface area contributed by atoms with Crippen LogP contribution in [0.1, 0.15) is 42.1 Å². The summed E-state index contributed by atoms with van der Waals surface area (Å²) in [7, 11) is 2.10. The highest BCUT2D eigenvalue weighted by atomic mass is 16.7. The summed E-state index contributed by atoms with van der Waals surface area (Å²) in [5, 5.41) is 0. The molecule has 3 aliphatic heterocycles. The molecule has 7 heteroatoms. The van der Waals surface area contributed by atoms with E-state index >= 15 is 0 Å². The fraction of sp³-hybridized carbons (Fsp3) is 0.435. The van der Waals surface area contributed by atoms with E-state index in [0.29, 0.717) is 13.0 Å². The number of nitrogens with zero attached hydrogens (tertiary/aromatic N) is 1. The average molecular weight is 409 g/mol. The van der Waals surface area contributed by atoms with Gasteiger partial charge in [-0.25, -0.2) is 0 Å². The lowest BCUT2D eigenvalue weighted by Gasteiger charge is -2.54. The first-order chi connectivity index (χ1) is 14.5. The van der Waals surface area contributed by atoms with Crippen LogP contribution in [-0.4, -0.2) is 37.6 Å². The molecule has 0 aromatic heterocycles. The number of likely N-dealkylation sites (N-methyl/N-ethyl adjacent to an activating group) is 1. The van der Waals surface area contributed by atoms with Crippen molar-refractivity contribution in [3.05, 3.63) is 46.5 Å². The van der Waals surface area contributed by atoms with E-state index in [9.17, 15) is 4.79 Å². The second kappa shape index (κ2) is 6.04. The lowest BCUT2D eigenvalue weighted by Crippen LogP contribution is -2.56. The molecule has 0 amide bonds. The molecule has 0 unspecified atom stereocenters. The van der Waals surface area contributed by atoms with Gasteiger partial charge in [0.25, 0.3) is 0 Å². The quantitative estimate of drug-likeness (QED) is 0.671. The Morgan fingerprint density at radius 3 is 2.63 bits per heavy atom. The lowest BCUT2D eigenvalue weighted by atomic mass is 9.60. The normalized spacial score (nSPS) is 27.8. The summed E-state index contributed by atoms with van der Waals surface area (Å²) in [4.78, 5) is 14.4. The number of ether oxygens (including phenoxy) is 5. The van der Waals surface area contributed by atoms with Crippen molar-refractivity contribution in [2.45, 2.75) is 44.4 Å². The van der Waals surface area contributed by atoms with E-state index in [1.54, 1.807) is 0 Å². The Morgan fingerprint density at radius 1 is 1.10 bits per heavy atom. The minimum Gasteiger partial charge on any atom is -0.461 e. The maximum absolute atomic E-state index is 12.1. The van der Waals surface area contributed by atoms with Gasteiger partial charge in [-0.3, -0.25) is 9.69 Å². The summed E-state index contributed by atoms with van der Waals surface area (Å²) < 4.78 is 28.7. The minimum atomic E-state index is -0.463. The third-order valence-electron chi connectivity index (χ3n) is 6.95. The van der Waals surface area contributed by atoms with E-state index < -0.39 is 5.41 Å². The summed E-state index contributed by atoms with van der Waals surface area (Å²) in [6, 6.07) is 8.22. The van der Waals surface area contributed by atoms with Crippen LogP contribution in [0.3, 0.4) is 0 Å². The molecule has 4 aliphatic rings. The van der Waals surface area contributed by atoms with Gasteiger partial charge in [0.2, 0.25) is 13.6 Å². The van der Waals surface area contributed by atoms with Crippen molar-refractivity contribution in [2.24, 2.45) is 0 Å². The topological polar surface area (TPSA) is 66.5 Å². The standard InChI is InChI=1S/C23H23NO6/c1-12(25)30-20-7-13-6-18-19(28-10-27-18)8-14(13)22-23(20,2)16-4-5-17-21(29-11-26-17)15(16)9-24(22)3/h4-6,8,20,22H,7,9-11H2,1-3H3/t20-,22+,23-/m1/s1. The van der Waals surface area contributed by atoms with Crippen molar-refractivity contribution in [3.63, 3.8) is 0 Å². The molecule has 1 aliphatic carbocycles. The Labute approximate surface area is 174 Å². The number of esters is 1. The monoisotopic (exact) mass is 409 g/mol. The van der Waals surface area contributed by atoms with Crippen LogP contribution in [-0.2, 0) is 27.9 Å². The Bertz CT molecular complexity index is 1080. The number of hydrogen-bond acceptors (Lipinski definition) is 7. The Kier molecular flexibility index (Phi) is 3.60. The molecule has 0 spiro atoms. The molecule has 0 radical (unpaired) electrons. The van der Waals surface area contributed by atoms with Gasteiger partial charge in [-0.2, -0.15) is 0 Å². The highest BCUT2D eigenvalue weighted by Crippen LogP contribution is 2.57. The molecule has 2 aromatic rings. The molecule has 0 fully saturated rings. The van der Waals surface area contributed by atoms with Gasteiger partial charge in [0.15, 0.2) is 23.0 Å². The zero-order valence-corrected chi connectivity index (χ0v) is 17.2. The SMILES string of the molecule is CC(=O)O[C@@H]1Cc2cc3c(cc2[C@@H]2N(C)Cc4c(ccc5c4OCO5)[C@@]21C)OCO3. The predicted molar refractivity (Wildman–Crippen MR) is 106 cm³/mol. The number of carbonyl (C=O) groups excluding carboxylic acids is 1. The summed E-state index contributed by atoms with van der Waals surface area (Å²) in [6.45, 7) is 4.84. The van der Waals surface area contributed by atoms with Crippen molar-refractivity contribution in [2.75, 3.05) is 20.6 Å². The lowest BCUT2D eigenvalue weighted by molar-refractivity contribution is -0.153. The fourth-order valence-electron chi connectivity index (χ4n) is 5.75. The first-order valence-electron chi connectivity index (χ1n) is 10.2. The summed E-state index contributed by atoms with van der Waals surface area (Å²) in [6.07, 6.45) is 0.287. The fourth-order valence-corrected chi connectivity index (χ4v) is 5.75. The van der Waals surface area contributed by atoms with Gasteiger partial charge in [-0.15, -0.1) is 0 Å². The van der Waals surface area contributed by atoms with Gasteiger partial charge in [-0.1, -0.05) is 13.0 Å². The number of hydrogen-bond donors (Lipinski definition) is 0. The number of benzene rings is 2. The van der Waals surface area contributed by atoms with Crippen LogP contribution >= 0.6 is 0 Å². The van der Waals surface area contributed by atoms with E-state index in [2.05, 4.69) is 31.0 Å². The second-order valence-corrected chi connectivity index (χ2v) is 8.63. The second-order valence-electron chi connectivity index (χ2n) is 8.63. The molecular formula is C23H23NO6. The van der Waals surface area contributed by atoms with Crippen LogP contribution in [0.2, 0.25) is 0 Å². The molecule has 2 aromatic carbocycles. The third-order valence-corrected chi connectivity index (χ3v) is 6.95. The zero-order chi connectivity index (χ0) is 20.6. The highest BCUT2D eigenvalue weighted by molar-refractivity contribution is 5.67. The van der Waals surface area contributed by atoms with Gasteiger partial charge in [0.1, 0.15) is 6.10 Å². The predicted octanol–water partition coefficient (Wildman–Crippen LogP) is 3.08. The first kappa shape index (κ1) is 17.9. The molecule has 0 saturated heterocycles. The first-order valence-corrected chi connectivity index (χ1v) is 10.2. The van der Waals surface area contributed by atoms with Crippen molar-refractivity contribution < 1.29 is 28.5 Å². The third kappa shape index (κ3) is 2.27. The molecule has 0 saturated carbocycles. The van der Waals surface area contributed by atoms with Crippen molar-refractivity contribution in [3.8, 4) is 23.0 Å². The largest absolute Gasteiger partial charge is 0.461 e. The summed E-state index contributed by atoms with van der Waals surface area (Å²) in [5.74, 6) is 2.82. The maximum atomic E-state index is 12.1. The van der Waals surface area contributed by atoms with Crippen molar-refractivity contribution in [1.82, 2.24) is 4.90 Å². The van der Waals surface area contributed by atoms with Crippen LogP contribution in [0.5, 0.6) is 23.0 Å². The molecule has 0 bridgehead atoms. The van der Waals surface area contributed by atoms with E-state index in [0.717, 1.165) is 39.7 Å². The van der Waals surface area contributed by atoms with Crippen LogP contribution in [0.4, 0.5) is 0 Å². The van der Waals surface area contributed by atoms with E-state index in [1.165, 1.54) is 12.5 Å². The molecule has 7 nitrogen and oxygen atoms in total. The van der Waals surface area contributed by atoms with Crippen molar-refractivity contribution in [1.29, 1.82) is 0 Å². The van der Waals surface area contributed by atoms with Crippen LogP contribution in [0.15, 0.2) is 24.3 Å². The summed E-state index contributed by atoms with van der Waals surface area (Å²) in [5.41, 5.74) is 4.10. The Balaban J connectivity index is 1.59. The van der Waals surface area contributed by atoms with Gasteiger partial charge >= 0.3 is 5.97 Å². The molecule has 6 rings (SSSR count). The number of fused-ring (bicyclic) bond motifs is 8. The minimum absolute atomic E-state index is 0.00738. The Hall–Kier alpha value is -2.93. The molecule has 30 heavy (non-hydrogen) atoms. The highest BCUT2D eigenvalue weighted by Gasteiger charge is 2.55. The average Bonchev–Trinajstić information content (AvgIpc) is 3.35. The van der Waals surface area contributed by atoms with Crippen LogP contribution in [0.25, 0.3) is 0 Å². The van der Waals surface area contributed by atoms with E-state index in [1.807, 2.05) is 12.1 Å². The number of rotatable bonds is 1. The molecule has 156 valence electrons.